The summed E-state index contributed by atoms with van der Waals surface area (Å²) in [5.41, 5.74) is -0.189. The molecule has 0 unspecified atom stereocenters. The lowest BCUT2D eigenvalue weighted by atomic mass is 9.80. The Morgan fingerprint density at radius 3 is 2.65 bits per heavy atom. The minimum absolute atomic E-state index is 0.0469. The average molecular weight is 507 g/mol. The maximum atomic E-state index is 13.9. The van der Waals surface area contributed by atoms with E-state index in [1.165, 1.54) is 17.2 Å². The van der Waals surface area contributed by atoms with Crippen molar-refractivity contribution >= 4 is 35.1 Å². The van der Waals surface area contributed by atoms with Crippen LogP contribution in [-0.4, -0.2) is 52.1 Å². The highest BCUT2D eigenvalue weighted by Crippen LogP contribution is 2.46. The van der Waals surface area contributed by atoms with E-state index in [9.17, 15) is 28.8 Å². The number of carbonyl (C=O) groups excluding carboxylic acids is 4. The largest absolute Gasteiger partial charge is 0.336 e. The van der Waals surface area contributed by atoms with Gasteiger partial charge in [0.2, 0.25) is 11.8 Å². The number of benzene rings is 1. The number of hydrogen-bond donors (Lipinski definition) is 3. The van der Waals surface area contributed by atoms with Gasteiger partial charge in [-0.2, -0.15) is 5.26 Å². The molecule has 0 aliphatic carbocycles. The zero-order valence-electron chi connectivity index (χ0n) is 20.7. The van der Waals surface area contributed by atoms with E-state index < -0.39 is 52.3 Å². The van der Waals surface area contributed by atoms with Crippen LogP contribution in [0.25, 0.3) is 0 Å². The van der Waals surface area contributed by atoms with Crippen LogP contribution < -0.4 is 16.0 Å². The second kappa shape index (κ2) is 9.61. The summed E-state index contributed by atoms with van der Waals surface area (Å²) in [6.07, 6.45) is 1.51. The summed E-state index contributed by atoms with van der Waals surface area (Å²) in [5.74, 6) is -4.46. The zero-order chi connectivity index (χ0) is 27.0. The molecule has 11 heteroatoms. The van der Waals surface area contributed by atoms with E-state index >= 15 is 0 Å². The first-order chi connectivity index (χ1) is 17.4. The smallest absolute Gasteiger partial charge is 0.314 e. The number of pyridine rings is 1. The van der Waals surface area contributed by atoms with Crippen molar-refractivity contribution in [3.63, 3.8) is 0 Å². The number of likely N-dealkylation sites (tertiary alicyclic amines) is 1. The topological polar surface area (TPSA) is 144 Å². The molecule has 1 saturated heterocycles. The number of fused-ring (bicyclic) bond motifs is 2. The fourth-order valence-corrected chi connectivity index (χ4v) is 4.86. The van der Waals surface area contributed by atoms with Crippen LogP contribution in [0, 0.1) is 22.6 Å². The van der Waals surface area contributed by atoms with Crippen molar-refractivity contribution in [2.75, 3.05) is 17.2 Å². The summed E-state index contributed by atoms with van der Waals surface area (Å²) >= 11 is 0. The van der Waals surface area contributed by atoms with Crippen LogP contribution in [0.1, 0.15) is 39.2 Å². The third-order valence-electron chi connectivity index (χ3n) is 6.53. The number of nitriles is 1. The van der Waals surface area contributed by atoms with Crippen molar-refractivity contribution in [1.82, 2.24) is 15.2 Å². The summed E-state index contributed by atoms with van der Waals surface area (Å²) in [6.45, 7) is 5.53. The van der Waals surface area contributed by atoms with Gasteiger partial charge in [0.25, 0.3) is 0 Å². The van der Waals surface area contributed by atoms with Gasteiger partial charge in [0.15, 0.2) is 11.6 Å². The number of rotatable bonds is 4. The first-order valence-corrected chi connectivity index (χ1v) is 11.8. The van der Waals surface area contributed by atoms with Gasteiger partial charge >= 0.3 is 11.8 Å². The SMILES string of the molecule is CC(C)(C)C[C@H](NC(=O)C(=O)Nc1ncccc1F)C(=O)N1C[C@]2(C[C@H]1C#N)C(=O)Nc1ccccc12. The number of halogens is 1. The first-order valence-electron chi connectivity index (χ1n) is 11.8. The van der Waals surface area contributed by atoms with Gasteiger partial charge in [0.05, 0.1) is 11.5 Å². The van der Waals surface area contributed by atoms with Gasteiger partial charge < -0.3 is 15.5 Å². The average Bonchev–Trinajstić information content (AvgIpc) is 3.37. The van der Waals surface area contributed by atoms with Gasteiger partial charge in [-0.3, -0.25) is 24.5 Å². The standard InChI is InChI=1S/C26H27FN6O4/c1-25(2,3)12-19(30-21(34)22(35)32-20-17(27)8-6-10-29-20)23(36)33-14-26(11-15(33)13-28)16-7-4-5-9-18(16)31-24(26)37/h4-10,15,19H,11-12,14H2,1-3H3,(H,30,34)(H,31,37)(H,29,32,35)/t15-,19-,26-/m0/s1. The van der Waals surface area contributed by atoms with Crippen molar-refractivity contribution in [1.29, 1.82) is 5.26 Å². The summed E-state index contributed by atoms with van der Waals surface area (Å²) in [4.78, 5) is 56.9. The molecule has 1 aromatic carbocycles. The van der Waals surface area contributed by atoms with E-state index in [2.05, 4.69) is 27.0 Å². The predicted molar refractivity (Wildman–Crippen MR) is 131 cm³/mol. The van der Waals surface area contributed by atoms with Crippen LogP contribution in [0.2, 0.25) is 0 Å². The Bertz CT molecular complexity index is 1320. The minimum Gasteiger partial charge on any atom is -0.336 e. The Morgan fingerprint density at radius 2 is 1.97 bits per heavy atom. The van der Waals surface area contributed by atoms with Crippen LogP contribution in [0.15, 0.2) is 42.6 Å². The second-order valence-electron chi connectivity index (χ2n) is 10.5. The highest BCUT2D eigenvalue weighted by molar-refractivity contribution is 6.39. The fraction of sp³-hybridized carbons (Fsp3) is 0.385. The van der Waals surface area contributed by atoms with E-state index in [1.807, 2.05) is 20.8 Å². The Hall–Kier alpha value is -4.33. The van der Waals surface area contributed by atoms with E-state index in [-0.39, 0.29) is 25.3 Å². The number of aromatic nitrogens is 1. The van der Waals surface area contributed by atoms with E-state index in [0.717, 1.165) is 6.07 Å². The quantitative estimate of drug-likeness (QED) is 0.542. The van der Waals surface area contributed by atoms with Gasteiger partial charge in [-0.25, -0.2) is 9.37 Å². The molecule has 2 aromatic rings. The zero-order valence-corrected chi connectivity index (χ0v) is 20.7. The van der Waals surface area contributed by atoms with Crippen LogP contribution >= 0.6 is 0 Å². The van der Waals surface area contributed by atoms with Crippen LogP contribution in [0.3, 0.4) is 0 Å². The Morgan fingerprint density at radius 1 is 1.24 bits per heavy atom. The lowest BCUT2D eigenvalue weighted by Crippen LogP contribution is -2.53. The molecule has 4 amide bonds. The Kier molecular flexibility index (Phi) is 6.69. The van der Waals surface area contributed by atoms with Crippen molar-refractivity contribution in [3.8, 4) is 6.07 Å². The van der Waals surface area contributed by atoms with Crippen molar-refractivity contribution in [2.24, 2.45) is 5.41 Å². The number of anilines is 2. The maximum Gasteiger partial charge on any atom is 0.314 e. The molecular weight excluding hydrogens is 479 g/mol. The summed E-state index contributed by atoms with van der Waals surface area (Å²) in [6, 6.07) is 9.58. The van der Waals surface area contributed by atoms with Gasteiger partial charge in [0.1, 0.15) is 12.1 Å². The van der Waals surface area contributed by atoms with Crippen LogP contribution in [0.4, 0.5) is 15.9 Å². The minimum atomic E-state index is -1.19. The molecule has 2 aliphatic rings. The Labute approximate surface area is 213 Å². The van der Waals surface area contributed by atoms with Crippen LogP contribution in [-0.2, 0) is 24.6 Å². The van der Waals surface area contributed by atoms with Gasteiger partial charge in [-0.15, -0.1) is 0 Å². The highest BCUT2D eigenvalue weighted by Gasteiger charge is 2.56. The molecule has 192 valence electrons. The number of nitrogens with one attached hydrogen (secondary N) is 3. The molecule has 1 fully saturated rings. The molecule has 1 aromatic heterocycles. The number of carbonyl (C=O) groups is 4. The normalized spacial score (nSPS) is 21.1. The van der Waals surface area contributed by atoms with Crippen molar-refractivity contribution in [2.45, 2.75) is 51.1 Å². The molecule has 10 nitrogen and oxygen atoms in total. The highest BCUT2D eigenvalue weighted by atomic mass is 19.1. The second-order valence-corrected chi connectivity index (χ2v) is 10.5. The van der Waals surface area contributed by atoms with E-state index in [4.69, 9.17) is 0 Å². The number of para-hydroxylation sites is 1. The van der Waals surface area contributed by atoms with E-state index in [1.54, 1.807) is 24.3 Å². The fourth-order valence-electron chi connectivity index (χ4n) is 4.86. The molecule has 1 spiro atoms. The Balaban J connectivity index is 1.57. The first kappa shape index (κ1) is 25.8. The van der Waals surface area contributed by atoms with E-state index in [0.29, 0.717) is 11.3 Å². The summed E-state index contributed by atoms with van der Waals surface area (Å²) < 4.78 is 13.9. The molecule has 0 bridgehead atoms. The molecule has 3 atom stereocenters. The summed E-state index contributed by atoms with van der Waals surface area (Å²) in [7, 11) is 0. The van der Waals surface area contributed by atoms with Crippen molar-refractivity contribution < 1.29 is 23.6 Å². The van der Waals surface area contributed by atoms with Gasteiger partial charge in [0, 0.05) is 24.8 Å². The molecular formula is C26H27FN6O4. The summed E-state index contributed by atoms with van der Waals surface area (Å²) in [5, 5.41) is 17.2. The number of amides is 4. The molecule has 4 rings (SSSR count). The van der Waals surface area contributed by atoms with Gasteiger partial charge in [-0.05, 0) is 35.6 Å². The monoisotopic (exact) mass is 506 g/mol. The molecule has 2 aliphatic heterocycles. The van der Waals surface area contributed by atoms with Crippen LogP contribution in [0.5, 0.6) is 0 Å². The number of nitrogens with zero attached hydrogens (tertiary/aromatic N) is 3. The molecule has 3 heterocycles. The lowest BCUT2D eigenvalue weighted by molar-refractivity contribution is -0.141. The predicted octanol–water partition coefficient (Wildman–Crippen LogP) is 2.09. The maximum absolute atomic E-state index is 13.9. The van der Waals surface area contributed by atoms with Gasteiger partial charge in [-0.1, -0.05) is 39.0 Å². The third kappa shape index (κ3) is 5.00. The molecule has 0 saturated carbocycles. The molecule has 0 radical (unpaired) electrons. The molecule has 37 heavy (non-hydrogen) atoms. The lowest BCUT2D eigenvalue weighted by Gasteiger charge is -2.31. The number of hydrogen-bond acceptors (Lipinski definition) is 6. The third-order valence-corrected chi connectivity index (χ3v) is 6.53. The van der Waals surface area contributed by atoms with Crippen molar-refractivity contribution in [3.05, 3.63) is 54.0 Å². The molecule has 3 N–H and O–H groups in total.